The Morgan fingerprint density at radius 2 is 2.23 bits per heavy atom. The Hall–Kier alpha value is -2.24. The van der Waals surface area contributed by atoms with Crippen LogP contribution in [0, 0.1) is 16.7 Å². The molecule has 0 aromatic carbocycles. The third kappa shape index (κ3) is 2.72. The van der Waals surface area contributed by atoms with Crippen molar-refractivity contribution in [3.63, 3.8) is 0 Å². The minimum atomic E-state index is -0.180. The van der Waals surface area contributed by atoms with E-state index in [0.29, 0.717) is 24.1 Å². The Bertz CT molecular complexity index is 802. The topological polar surface area (TPSA) is 78.1 Å². The van der Waals surface area contributed by atoms with Crippen molar-refractivity contribution in [1.82, 2.24) is 15.1 Å². The van der Waals surface area contributed by atoms with Crippen LogP contribution in [0.3, 0.4) is 0 Å². The maximum absolute atomic E-state index is 12.4. The molecule has 0 amide bonds. The van der Waals surface area contributed by atoms with E-state index in [1.165, 1.54) is 6.42 Å². The average Bonchev–Trinajstić information content (AvgIpc) is 3.24. The maximum atomic E-state index is 12.4. The van der Waals surface area contributed by atoms with Gasteiger partial charge in [0.15, 0.2) is 0 Å². The molecule has 2 saturated carbocycles. The van der Waals surface area contributed by atoms with Crippen molar-refractivity contribution in [3.8, 4) is 11.4 Å². The number of carbonyl (C=O) groups is 1. The average molecular weight is 355 g/mol. The first-order valence-corrected chi connectivity index (χ1v) is 9.32. The molecule has 2 heterocycles. The first-order chi connectivity index (χ1) is 12.4. The second-order valence-corrected chi connectivity index (χ2v) is 8.34. The summed E-state index contributed by atoms with van der Waals surface area (Å²) >= 11 is 0. The fourth-order valence-corrected chi connectivity index (χ4v) is 4.70. The first kappa shape index (κ1) is 17.2. The summed E-state index contributed by atoms with van der Waals surface area (Å²) in [5, 5.41) is 3.95. The van der Waals surface area contributed by atoms with Crippen LogP contribution < -0.4 is 0 Å². The number of hydrogen-bond acceptors (Lipinski definition) is 6. The van der Waals surface area contributed by atoms with E-state index in [1.54, 1.807) is 12.4 Å². The molecule has 2 aliphatic rings. The smallest absolute Gasteiger partial charge is 0.306 e. The summed E-state index contributed by atoms with van der Waals surface area (Å²) in [6, 6.07) is 3.69. The number of aryl methyl sites for hydroxylation is 1. The number of fused-ring (bicyclic) bond motifs is 2. The number of rotatable bonds is 5. The number of hydrogen-bond donors (Lipinski definition) is 0. The van der Waals surface area contributed by atoms with E-state index in [9.17, 15) is 4.79 Å². The van der Waals surface area contributed by atoms with Gasteiger partial charge < -0.3 is 9.26 Å². The molecule has 2 aliphatic carbocycles. The second-order valence-electron chi connectivity index (χ2n) is 8.34. The largest absolute Gasteiger partial charge is 0.462 e. The van der Waals surface area contributed by atoms with Gasteiger partial charge in [0.25, 0.3) is 0 Å². The van der Waals surface area contributed by atoms with Crippen LogP contribution in [0.2, 0.25) is 0 Å². The van der Waals surface area contributed by atoms with Gasteiger partial charge in [-0.05, 0) is 42.7 Å². The number of pyridine rings is 1. The molecule has 3 atom stereocenters. The molecule has 4 rings (SSSR count). The summed E-state index contributed by atoms with van der Waals surface area (Å²) < 4.78 is 11.1. The lowest BCUT2D eigenvalue weighted by Gasteiger charge is -2.38. The Labute approximate surface area is 153 Å². The van der Waals surface area contributed by atoms with Gasteiger partial charge in [-0.2, -0.15) is 4.98 Å². The van der Waals surface area contributed by atoms with Gasteiger partial charge in [-0.15, -0.1) is 0 Å². The second kappa shape index (κ2) is 6.18. The predicted molar refractivity (Wildman–Crippen MR) is 95.0 cm³/mol. The molecule has 6 nitrogen and oxygen atoms in total. The van der Waals surface area contributed by atoms with E-state index < -0.39 is 0 Å². The molecule has 26 heavy (non-hydrogen) atoms. The van der Waals surface area contributed by atoms with E-state index in [-0.39, 0.29) is 29.3 Å². The molecular formula is C20H25N3O3. The summed E-state index contributed by atoms with van der Waals surface area (Å²) in [6.07, 6.45) is 7.42. The van der Waals surface area contributed by atoms with Crippen molar-refractivity contribution in [2.75, 3.05) is 0 Å². The Kier molecular flexibility index (Phi) is 4.09. The van der Waals surface area contributed by atoms with E-state index in [0.717, 1.165) is 18.4 Å². The van der Waals surface area contributed by atoms with Gasteiger partial charge in [0, 0.05) is 29.8 Å². The van der Waals surface area contributed by atoms with E-state index >= 15 is 0 Å². The number of carbonyl (C=O) groups excluding carboxylic acids is 1. The van der Waals surface area contributed by atoms with E-state index in [1.807, 2.05) is 12.1 Å². The van der Waals surface area contributed by atoms with Crippen molar-refractivity contribution in [2.24, 2.45) is 16.7 Å². The summed E-state index contributed by atoms with van der Waals surface area (Å²) in [6.45, 7) is 6.91. The van der Waals surface area contributed by atoms with Gasteiger partial charge in [0.1, 0.15) is 6.10 Å². The number of nitrogens with zero attached hydrogens (tertiary/aromatic N) is 3. The van der Waals surface area contributed by atoms with Crippen LogP contribution in [-0.4, -0.2) is 27.2 Å². The van der Waals surface area contributed by atoms with Gasteiger partial charge in [0.05, 0.1) is 6.42 Å². The lowest BCUT2D eigenvalue weighted by atomic mass is 9.70. The zero-order valence-electron chi connectivity index (χ0n) is 15.6. The first-order valence-electron chi connectivity index (χ1n) is 9.32. The van der Waals surface area contributed by atoms with Gasteiger partial charge in [-0.1, -0.05) is 25.9 Å². The van der Waals surface area contributed by atoms with Crippen LogP contribution in [0.5, 0.6) is 0 Å². The molecule has 2 fully saturated rings. The molecule has 2 aromatic rings. The molecule has 0 radical (unpaired) electrons. The summed E-state index contributed by atoms with van der Waals surface area (Å²) in [5.41, 5.74) is 1.12. The van der Waals surface area contributed by atoms with Crippen molar-refractivity contribution in [3.05, 3.63) is 30.4 Å². The van der Waals surface area contributed by atoms with Crippen LogP contribution in [0.4, 0.5) is 0 Å². The standard InChI is InChI=1S/C20H25N3O3/c1-19(2)14-8-9-20(19,3)15(11-14)25-17(24)7-6-16-22-18(23-26-16)13-5-4-10-21-12-13/h4-5,10,12,14-15H,6-9,11H2,1-3H3. The van der Waals surface area contributed by atoms with Crippen molar-refractivity contribution in [2.45, 2.75) is 59.0 Å². The van der Waals surface area contributed by atoms with Gasteiger partial charge >= 0.3 is 5.97 Å². The van der Waals surface area contributed by atoms with Crippen LogP contribution >= 0.6 is 0 Å². The molecule has 138 valence electrons. The molecule has 0 N–H and O–H groups in total. The highest BCUT2D eigenvalue weighted by Crippen LogP contribution is 2.66. The molecular weight excluding hydrogens is 330 g/mol. The van der Waals surface area contributed by atoms with Crippen molar-refractivity contribution < 1.29 is 14.1 Å². The van der Waals surface area contributed by atoms with Gasteiger partial charge in [-0.25, -0.2) is 0 Å². The minimum Gasteiger partial charge on any atom is -0.462 e. The molecule has 2 aromatic heterocycles. The van der Waals surface area contributed by atoms with Gasteiger partial charge in [-0.3, -0.25) is 9.78 Å². The lowest BCUT2D eigenvalue weighted by molar-refractivity contribution is -0.156. The highest BCUT2D eigenvalue weighted by molar-refractivity contribution is 5.70. The SMILES string of the molecule is CC1(C)C2CCC1(C)C(OC(=O)CCc1nc(-c3cccnc3)no1)C2. The third-order valence-corrected chi connectivity index (χ3v) is 6.92. The normalized spacial score (nSPS) is 29.0. The molecule has 2 bridgehead atoms. The Morgan fingerprint density at radius 3 is 2.88 bits per heavy atom. The van der Waals surface area contributed by atoms with Crippen LogP contribution in [0.15, 0.2) is 29.0 Å². The predicted octanol–water partition coefficient (Wildman–Crippen LogP) is 3.82. The van der Waals surface area contributed by atoms with Gasteiger partial charge in [0.2, 0.25) is 11.7 Å². The zero-order chi connectivity index (χ0) is 18.4. The summed E-state index contributed by atoms with van der Waals surface area (Å²) in [4.78, 5) is 20.7. The van der Waals surface area contributed by atoms with E-state index in [4.69, 9.17) is 9.26 Å². The van der Waals surface area contributed by atoms with Crippen molar-refractivity contribution in [1.29, 1.82) is 0 Å². The van der Waals surface area contributed by atoms with Crippen LogP contribution in [-0.2, 0) is 16.0 Å². The Morgan fingerprint density at radius 1 is 1.38 bits per heavy atom. The van der Waals surface area contributed by atoms with Crippen molar-refractivity contribution >= 4 is 5.97 Å². The maximum Gasteiger partial charge on any atom is 0.306 e. The monoisotopic (exact) mass is 355 g/mol. The lowest BCUT2D eigenvalue weighted by Crippen LogP contribution is -2.38. The molecule has 0 aliphatic heterocycles. The minimum absolute atomic E-state index is 0.0254. The number of aromatic nitrogens is 3. The fourth-order valence-electron chi connectivity index (χ4n) is 4.70. The summed E-state index contributed by atoms with van der Waals surface area (Å²) in [5.74, 6) is 1.41. The van der Waals surface area contributed by atoms with Crippen LogP contribution in [0.25, 0.3) is 11.4 Å². The van der Waals surface area contributed by atoms with Crippen LogP contribution in [0.1, 0.15) is 52.3 Å². The molecule has 0 spiro atoms. The van der Waals surface area contributed by atoms with E-state index in [2.05, 4.69) is 35.9 Å². The highest BCUT2D eigenvalue weighted by Gasteiger charge is 2.62. The third-order valence-electron chi connectivity index (χ3n) is 6.92. The summed E-state index contributed by atoms with van der Waals surface area (Å²) in [7, 11) is 0. The molecule has 6 heteroatoms. The number of ether oxygens (including phenoxy) is 1. The molecule has 3 unspecified atom stereocenters. The zero-order valence-corrected chi connectivity index (χ0v) is 15.6. The number of esters is 1. The Balaban J connectivity index is 1.34. The quantitative estimate of drug-likeness (QED) is 0.759. The highest BCUT2D eigenvalue weighted by atomic mass is 16.5. The fraction of sp³-hybridized carbons (Fsp3) is 0.600. The molecule has 0 saturated heterocycles.